The van der Waals surface area contributed by atoms with Crippen molar-refractivity contribution in [1.29, 1.82) is 0 Å². The first-order valence-electron chi connectivity index (χ1n) is 7.57. The fourth-order valence-corrected chi connectivity index (χ4v) is 2.72. The average molecular weight is 282 g/mol. The maximum Gasteiger partial charge on any atom is 0.407 e. The number of hydrogen-bond acceptors (Lipinski definition) is 3. The largest absolute Gasteiger partial charge is 0.444 e. The minimum absolute atomic E-state index is 0.0875. The Morgan fingerprint density at radius 3 is 2.65 bits per heavy atom. The van der Waals surface area contributed by atoms with Gasteiger partial charge >= 0.3 is 6.09 Å². The summed E-state index contributed by atoms with van der Waals surface area (Å²) < 4.78 is 5.33. The van der Waals surface area contributed by atoms with Gasteiger partial charge in [0.25, 0.3) is 0 Å². The van der Waals surface area contributed by atoms with Crippen LogP contribution in [0.25, 0.3) is 0 Å². The van der Waals surface area contributed by atoms with Gasteiger partial charge in [0.1, 0.15) is 5.60 Å². The van der Waals surface area contributed by atoms with Crippen molar-refractivity contribution in [3.8, 4) is 0 Å². The number of nitrogens with zero attached hydrogens (tertiary/aromatic N) is 1. The molecule has 0 radical (unpaired) electrons. The molecule has 20 heavy (non-hydrogen) atoms. The van der Waals surface area contributed by atoms with Crippen LogP contribution in [0.4, 0.5) is 4.79 Å². The van der Waals surface area contributed by atoms with Crippen molar-refractivity contribution in [2.24, 2.45) is 0 Å². The smallest absolute Gasteiger partial charge is 0.407 e. The van der Waals surface area contributed by atoms with Crippen LogP contribution in [0.15, 0.2) is 12.2 Å². The van der Waals surface area contributed by atoms with E-state index in [1.807, 2.05) is 20.8 Å². The third kappa shape index (κ3) is 5.95. The first-order chi connectivity index (χ1) is 9.19. The van der Waals surface area contributed by atoms with Crippen LogP contribution in [-0.4, -0.2) is 41.8 Å². The second kappa shape index (κ2) is 7.11. The Kier molecular flexibility index (Phi) is 6.06. The molecule has 1 saturated heterocycles. The molecule has 4 nitrogen and oxygen atoms in total. The highest BCUT2D eigenvalue weighted by Gasteiger charge is 2.29. The Labute approximate surface area is 123 Å². The normalized spacial score (nSPS) is 22.1. The van der Waals surface area contributed by atoms with E-state index >= 15 is 0 Å². The summed E-state index contributed by atoms with van der Waals surface area (Å²) in [7, 11) is 0. The van der Waals surface area contributed by atoms with Crippen LogP contribution in [0.1, 0.15) is 53.9 Å². The van der Waals surface area contributed by atoms with E-state index < -0.39 is 5.60 Å². The van der Waals surface area contributed by atoms with Crippen LogP contribution in [0.5, 0.6) is 0 Å². The summed E-state index contributed by atoms with van der Waals surface area (Å²) >= 11 is 0. The predicted octanol–water partition coefficient (Wildman–Crippen LogP) is 3.33. The van der Waals surface area contributed by atoms with Crippen molar-refractivity contribution in [2.45, 2.75) is 71.6 Å². The monoisotopic (exact) mass is 282 g/mol. The number of hydrogen-bond donors (Lipinski definition) is 1. The lowest BCUT2D eigenvalue weighted by Gasteiger charge is -2.39. The Hall–Kier alpha value is -1.03. The molecule has 0 aromatic carbocycles. The van der Waals surface area contributed by atoms with Gasteiger partial charge in [-0.15, -0.1) is 0 Å². The van der Waals surface area contributed by atoms with E-state index in [0.717, 1.165) is 19.5 Å². The number of carbonyl (C=O) groups excluding carboxylic acids is 1. The predicted molar refractivity (Wildman–Crippen MR) is 82.9 cm³/mol. The fraction of sp³-hybridized carbons (Fsp3) is 0.812. The van der Waals surface area contributed by atoms with Crippen molar-refractivity contribution >= 4 is 6.09 Å². The molecule has 1 rings (SSSR count). The second-order valence-corrected chi connectivity index (χ2v) is 6.93. The molecular formula is C16H30N2O2. The minimum Gasteiger partial charge on any atom is -0.444 e. The van der Waals surface area contributed by atoms with E-state index in [4.69, 9.17) is 4.74 Å². The van der Waals surface area contributed by atoms with Crippen molar-refractivity contribution in [1.82, 2.24) is 10.2 Å². The number of ether oxygens (including phenoxy) is 1. The van der Waals surface area contributed by atoms with E-state index in [1.54, 1.807) is 0 Å². The molecule has 0 aromatic rings. The Bertz CT molecular complexity index is 347. The van der Waals surface area contributed by atoms with E-state index in [1.165, 1.54) is 18.4 Å². The number of nitrogens with one attached hydrogen (secondary N) is 1. The van der Waals surface area contributed by atoms with Crippen molar-refractivity contribution in [3.05, 3.63) is 12.2 Å². The lowest BCUT2D eigenvalue weighted by molar-refractivity contribution is 0.0450. The second-order valence-electron chi connectivity index (χ2n) is 6.93. The summed E-state index contributed by atoms with van der Waals surface area (Å²) in [6.07, 6.45) is 3.23. The molecular weight excluding hydrogens is 252 g/mol. The molecule has 1 amide bonds. The number of alkyl carbamates (subject to hydrolysis) is 1. The van der Waals surface area contributed by atoms with Gasteiger partial charge in [-0.05, 0) is 54.0 Å². The van der Waals surface area contributed by atoms with Gasteiger partial charge in [0.05, 0.1) is 0 Å². The molecule has 116 valence electrons. The van der Waals surface area contributed by atoms with Crippen molar-refractivity contribution in [2.75, 3.05) is 13.1 Å². The fourth-order valence-electron chi connectivity index (χ4n) is 2.72. The Balaban J connectivity index is 2.56. The quantitative estimate of drug-likeness (QED) is 0.804. The molecule has 0 aliphatic carbocycles. The molecule has 1 heterocycles. The van der Waals surface area contributed by atoms with Crippen LogP contribution in [0.2, 0.25) is 0 Å². The zero-order chi connectivity index (χ0) is 15.3. The van der Waals surface area contributed by atoms with Gasteiger partial charge in [0.15, 0.2) is 0 Å². The van der Waals surface area contributed by atoms with Crippen molar-refractivity contribution in [3.63, 3.8) is 0 Å². The van der Waals surface area contributed by atoms with Gasteiger partial charge < -0.3 is 10.1 Å². The van der Waals surface area contributed by atoms with E-state index in [2.05, 4.69) is 30.6 Å². The molecule has 1 fully saturated rings. The summed E-state index contributed by atoms with van der Waals surface area (Å²) in [4.78, 5) is 14.3. The Morgan fingerprint density at radius 2 is 2.10 bits per heavy atom. The molecule has 4 heteroatoms. The minimum atomic E-state index is -0.451. The van der Waals surface area contributed by atoms with E-state index in [0.29, 0.717) is 6.04 Å². The molecule has 0 bridgehead atoms. The third-order valence-electron chi connectivity index (χ3n) is 3.46. The number of rotatable bonds is 4. The van der Waals surface area contributed by atoms with Gasteiger partial charge in [0, 0.05) is 18.6 Å². The molecule has 1 N–H and O–H groups in total. The van der Waals surface area contributed by atoms with E-state index in [9.17, 15) is 4.79 Å². The molecule has 0 spiro atoms. The highest BCUT2D eigenvalue weighted by molar-refractivity contribution is 5.68. The number of piperidine rings is 1. The van der Waals surface area contributed by atoms with Crippen LogP contribution in [0, 0.1) is 0 Å². The molecule has 1 aliphatic rings. The highest BCUT2D eigenvalue weighted by Crippen LogP contribution is 2.21. The molecule has 2 atom stereocenters. The highest BCUT2D eigenvalue weighted by atomic mass is 16.6. The van der Waals surface area contributed by atoms with Gasteiger partial charge in [-0.25, -0.2) is 4.79 Å². The SMILES string of the molecule is C=C(C)CN1CCCCC1C(C)NC(=O)OC(C)(C)C. The number of amides is 1. The van der Waals surface area contributed by atoms with Crippen LogP contribution in [-0.2, 0) is 4.74 Å². The number of likely N-dealkylation sites (tertiary alicyclic amines) is 1. The zero-order valence-corrected chi connectivity index (χ0v) is 13.7. The van der Waals surface area contributed by atoms with Gasteiger partial charge in [-0.1, -0.05) is 18.6 Å². The summed E-state index contributed by atoms with van der Waals surface area (Å²) in [5.74, 6) is 0. The first-order valence-corrected chi connectivity index (χ1v) is 7.57. The maximum atomic E-state index is 11.9. The maximum absolute atomic E-state index is 11.9. The van der Waals surface area contributed by atoms with E-state index in [-0.39, 0.29) is 12.1 Å². The first kappa shape index (κ1) is 17.0. The molecule has 0 saturated carbocycles. The topological polar surface area (TPSA) is 41.6 Å². The number of carbonyl (C=O) groups is 1. The lowest BCUT2D eigenvalue weighted by Crippen LogP contribution is -2.53. The van der Waals surface area contributed by atoms with Crippen LogP contribution in [0.3, 0.4) is 0 Å². The summed E-state index contributed by atoms with van der Waals surface area (Å²) in [5, 5.41) is 2.98. The lowest BCUT2D eigenvalue weighted by atomic mass is 9.96. The Morgan fingerprint density at radius 1 is 1.45 bits per heavy atom. The van der Waals surface area contributed by atoms with Gasteiger partial charge in [-0.3, -0.25) is 4.90 Å². The van der Waals surface area contributed by atoms with Gasteiger partial charge in [0.2, 0.25) is 0 Å². The van der Waals surface area contributed by atoms with Crippen LogP contribution >= 0.6 is 0 Å². The average Bonchev–Trinajstić information content (AvgIpc) is 2.25. The molecule has 2 unspecified atom stereocenters. The van der Waals surface area contributed by atoms with Crippen LogP contribution < -0.4 is 5.32 Å². The van der Waals surface area contributed by atoms with Crippen molar-refractivity contribution < 1.29 is 9.53 Å². The zero-order valence-electron chi connectivity index (χ0n) is 13.7. The summed E-state index contributed by atoms with van der Waals surface area (Å²) in [6, 6.07) is 0.456. The standard InChI is InChI=1S/C16H30N2O2/c1-12(2)11-18-10-8-7-9-14(18)13(3)17-15(19)20-16(4,5)6/h13-14H,1,7-11H2,2-6H3,(H,17,19). The molecule has 0 aromatic heterocycles. The molecule has 1 aliphatic heterocycles. The van der Waals surface area contributed by atoms with Gasteiger partial charge in [-0.2, -0.15) is 0 Å². The third-order valence-corrected chi connectivity index (χ3v) is 3.46. The summed E-state index contributed by atoms with van der Waals surface area (Å²) in [6.45, 7) is 15.7. The summed E-state index contributed by atoms with van der Waals surface area (Å²) in [5.41, 5.74) is 0.717.